The molecule has 1 fully saturated rings. The van der Waals surface area contributed by atoms with Crippen LogP contribution >= 0.6 is 23.2 Å². The minimum absolute atomic E-state index is 0.0663. The van der Waals surface area contributed by atoms with Gasteiger partial charge in [0.25, 0.3) is 0 Å². The van der Waals surface area contributed by atoms with Gasteiger partial charge in [-0.2, -0.15) is 0 Å². The lowest BCUT2D eigenvalue weighted by atomic mass is 10.0. The first kappa shape index (κ1) is 14.1. The third-order valence-corrected chi connectivity index (χ3v) is 4.23. The van der Waals surface area contributed by atoms with Crippen LogP contribution in [0.15, 0.2) is 12.1 Å². The maximum Gasteiger partial charge on any atom is 0.142 e. The van der Waals surface area contributed by atoms with E-state index in [1.54, 1.807) is 0 Å². The molecule has 100 valence electrons. The Balaban J connectivity index is 2.18. The van der Waals surface area contributed by atoms with Gasteiger partial charge in [-0.25, -0.2) is 4.39 Å². The molecule has 1 saturated heterocycles. The molecule has 0 amide bonds. The molecule has 1 heterocycles. The number of hydrogen-bond donors (Lipinski definition) is 1. The van der Waals surface area contributed by atoms with E-state index in [-0.39, 0.29) is 17.1 Å². The summed E-state index contributed by atoms with van der Waals surface area (Å²) in [6.45, 7) is 3.87. The van der Waals surface area contributed by atoms with Crippen molar-refractivity contribution in [2.24, 2.45) is 5.73 Å². The fraction of sp³-hybridized carbons (Fsp3) is 0.538. The zero-order chi connectivity index (χ0) is 13.3. The number of nitrogens with two attached hydrogens (primary N) is 1. The first-order valence-electron chi connectivity index (χ1n) is 6.13. The average molecular weight is 291 g/mol. The highest BCUT2D eigenvalue weighted by atomic mass is 35.5. The highest BCUT2D eigenvalue weighted by Gasteiger charge is 2.23. The van der Waals surface area contributed by atoms with Crippen molar-refractivity contribution in [3.63, 3.8) is 0 Å². The highest BCUT2D eigenvalue weighted by molar-refractivity contribution is 6.35. The number of likely N-dealkylation sites (tertiary alicyclic amines) is 1. The summed E-state index contributed by atoms with van der Waals surface area (Å²) >= 11 is 11.8. The fourth-order valence-corrected chi connectivity index (χ4v) is 2.90. The molecule has 0 aliphatic carbocycles. The van der Waals surface area contributed by atoms with Crippen LogP contribution in [0, 0.1) is 5.82 Å². The summed E-state index contributed by atoms with van der Waals surface area (Å²) in [6, 6.07) is 3.27. The van der Waals surface area contributed by atoms with Crippen LogP contribution in [0.25, 0.3) is 0 Å². The summed E-state index contributed by atoms with van der Waals surface area (Å²) in [7, 11) is 0. The second kappa shape index (κ2) is 5.74. The number of piperidine rings is 1. The standard InChI is InChI=1S/C13H17Cl2FN2/c1-8(18-4-2-9(17)3-5-18)10-6-13(16)12(15)7-11(10)14/h6-9H,2-5,17H2,1H3. The van der Waals surface area contributed by atoms with Gasteiger partial charge >= 0.3 is 0 Å². The predicted octanol–water partition coefficient (Wildman–Crippen LogP) is 3.62. The van der Waals surface area contributed by atoms with E-state index < -0.39 is 5.82 Å². The molecule has 1 aromatic carbocycles. The van der Waals surface area contributed by atoms with Crippen molar-refractivity contribution < 1.29 is 4.39 Å². The van der Waals surface area contributed by atoms with Gasteiger partial charge in [-0.3, -0.25) is 4.90 Å². The summed E-state index contributed by atoms with van der Waals surface area (Å²) in [5.41, 5.74) is 6.67. The molecule has 2 nitrogen and oxygen atoms in total. The Hall–Kier alpha value is -0.350. The van der Waals surface area contributed by atoms with Crippen molar-refractivity contribution >= 4 is 23.2 Å². The van der Waals surface area contributed by atoms with E-state index in [4.69, 9.17) is 28.9 Å². The Kier molecular flexibility index (Phi) is 4.49. The van der Waals surface area contributed by atoms with Gasteiger partial charge in [-0.15, -0.1) is 0 Å². The third-order valence-electron chi connectivity index (χ3n) is 3.61. The zero-order valence-electron chi connectivity index (χ0n) is 10.3. The van der Waals surface area contributed by atoms with Gasteiger partial charge in [0.1, 0.15) is 5.82 Å². The van der Waals surface area contributed by atoms with E-state index in [9.17, 15) is 4.39 Å². The van der Waals surface area contributed by atoms with Crippen LogP contribution in [0.4, 0.5) is 4.39 Å². The largest absolute Gasteiger partial charge is 0.328 e. The first-order chi connectivity index (χ1) is 8.49. The average Bonchev–Trinajstić information content (AvgIpc) is 2.34. The Morgan fingerprint density at radius 1 is 1.28 bits per heavy atom. The van der Waals surface area contributed by atoms with Crippen molar-refractivity contribution in [2.45, 2.75) is 31.8 Å². The van der Waals surface area contributed by atoms with E-state index in [1.165, 1.54) is 12.1 Å². The fourth-order valence-electron chi connectivity index (χ4n) is 2.36. The molecule has 0 radical (unpaired) electrons. The topological polar surface area (TPSA) is 29.3 Å². The summed E-state index contributed by atoms with van der Waals surface area (Å²) in [4.78, 5) is 2.28. The van der Waals surface area contributed by atoms with Crippen molar-refractivity contribution in [1.82, 2.24) is 4.90 Å². The molecule has 1 aliphatic heterocycles. The summed E-state index contributed by atoms with van der Waals surface area (Å²) in [6.07, 6.45) is 1.94. The zero-order valence-corrected chi connectivity index (χ0v) is 11.8. The monoisotopic (exact) mass is 290 g/mol. The Morgan fingerprint density at radius 3 is 2.50 bits per heavy atom. The normalized spacial score (nSPS) is 20.1. The molecule has 0 bridgehead atoms. The number of rotatable bonds is 2. The van der Waals surface area contributed by atoms with E-state index in [2.05, 4.69) is 4.90 Å². The summed E-state index contributed by atoms with van der Waals surface area (Å²) in [5.74, 6) is -0.420. The van der Waals surface area contributed by atoms with Crippen LogP contribution in [0.1, 0.15) is 31.4 Å². The molecule has 2 N–H and O–H groups in total. The first-order valence-corrected chi connectivity index (χ1v) is 6.88. The Bertz CT molecular complexity index is 431. The second-order valence-electron chi connectivity index (χ2n) is 4.84. The molecule has 0 spiro atoms. The van der Waals surface area contributed by atoms with Gasteiger partial charge < -0.3 is 5.73 Å². The lowest BCUT2D eigenvalue weighted by molar-refractivity contribution is 0.163. The molecule has 1 aliphatic rings. The Labute approximate surface area is 117 Å². The van der Waals surface area contributed by atoms with Crippen LogP contribution in [-0.2, 0) is 0 Å². The van der Waals surface area contributed by atoms with Gasteiger partial charge in [0.05, 0.1) is 5.02 Å². The minimum Gasteiger partial charge on any atom is -0.328 e. The SMILES string of the molecule is CC(c1cc(F)c(Cl)cc1Cl)N1CCC(N)CC1. The number of halogens is 3. The maximum atomic E-state index is 13.5. The number of nitrogens with zero attached hydrogens (tertiary/aromatic N) is 1. The van der Waals surface area contributed by atoms with E-state index in [0.717, 1.165) is 31.5 Å². The summed E-state index contributed by atoms with van der Waals surface area (Å²) < 4.78 is 13.5. The van der Waals surface area contributed by atoms with E-state index >= 15 is 0 Å². The molecular formula is C13H17Cl2FN2. The van der Waals surface area contributed by atoms with E-state index in [1.807, 2.05) is 6.92 Å². The van der Waals surface area contributed by atoms with Crippen LogP contribution in [-0.4, -0.2) is 24.0 Å². The molecule has 2 rings (SSSR count). The smallest absolute Gasteiger partial charge is 0.142 e. The summed E-state index contributed by atoms with van der Waals surface area (Å²) in [5, 5.41) is 0.584. The lowest BCUT2D eigenvalue weighted by Crippen LogP contribution is -2.40. The van der Waals surface area contributed by atoms with Crippen molar-refractivity contribution in [2.75, 3.05) is 13.1 Å². The molecule has 0 aromatic heterocycles. The maximum absolute atomic E-state index is 13.5. The number of hydrogen-bond acceptors (Lipinski definition) is 2. The quantitative estimate of drug-likeness (QED) is 0.843. The number of benzene rings is 1. The van der Waals surface area contributed by atoms with Gasteiger partial charge in [-0.1, -0.05) is 23.2 Å². The van der Waals surface area contributed by atoms with Crippen molar-refractivity contribution in [3.8, 4) is 0 Å². The molecule has 1 unspecified atom stereocenters. The third kappa shape index (κ3) is 2.97. The van der Waals surface area contributed by atoms with Crippen LogP contribution in [0.2, 0.25) is 10.0 Å². The molecular weight excluding hydrogens is 274 g/mol. The van der Waals surface area contributed by atoms with Gasteiger partial charge in [-0.05, 0) is 37.5 Å². The van der Waals surface area contributed by atoms with Crippen LogP contribution in [0.5, 0.6) is 0 Å². The molecule has 1 aromatic rings. The molecule has 1 atom stereocenters. The molecule has 18 heavy (non-hydrogen) atoms. The van der Waals surface area contributed by atoms with Gasteiger partial charge in [0, 0.05) is 30.2 Å². The molecule has 5 heteroatoms. The second-order valence-corrected chi connectivity index (χ2v) is 5.65. The Morgan fingerprint density at radius 2 is 1.89 bits per heavy atom. The van der Waals surface area contributed by atoms with Crippen molar-refractivity contribution in [3.05, 3.63) is 33.6 Å². The lowest BCUT2D eigenvalue weighted by Gasteiger charge is -2.35. The van der Waals surface area contributed by atoms with Gasteiger partial charge in [0.15, 0.2) is 0 Å². The predicted molar refractivity (Wildman–Crippen MR) is 73.6 cm³/mol. The van der Waals surface area contributed by atoms with Gasteiger partial charge in [0.2, 0.25) is 0 Å². The van der Waals surface area contributed by atoms with Crippen LogP contribution in [0.3, 0.4) is 0 Å². The highest BCUT2D eigenvalue weighted by Crippen LogP contribution is 2.32. The molecule has 0 saturated carbocycles. The minimum atomic E-state index is -0.420. The van der Waals surface area contributed by atoms with Crippen LogP contribution < -0.4 is 5.73 Å². The van der Waals surface area contributed by atoms with Crippen molar-refractivity contribution in [1.29, 1.82) is 0 Å². The van der Waals surface area contributed by atoms with E-state index in [0.29, 0.717) is 5.02 Å².